The summed E-state index contributed by atoms with van der Waals surface area (Å²) >= 11 is 1.44. The monoisotopic (exact) mass is 351 g/mol. The summed E-state index contributed by atoms with van der Waals surface area (Å²) in [5.74, 6) is 1.36. The smallest absolute Gasteiger partial charge is 0.234 e. The quantitative estimate of drug-likeness (QED) is 0.530. The van der Waals surface area contributed by atoms with E-state index in [-0.39, 0.29) is 5.91 Å². The Morgan fingerprint density at radius 1 is 1.08 bits per heavy atom. The van der Waals surface area contributed by atoms with Crippen LogP contribution < -0.4 is 5.32 Å². The second-order valence-corrected chi connectivity index (χ2v) is 7.14. The summed E-state index contributed by atoms with van der Waals surface area (Å²) in [5, 5.41) is 4.84. The fraction of sp³-hybridized carbons (Fsp3) is 0.250. The van der Waals surface area contributed by atoms with Gasteiger partial charge in [-0.15, -0.1) is 0 Å². The number of rotatable bonds is 5. The van der Waals surface area contributed by atoms with Gasteiger partial charge in [0.25, 0.3) is 0 Å². The van der Waals surface area contributed by atoms with Crippen LogP contribution in [0.15, 0.2) is 53.6 Å². The van der Waals surface area contributed by atoms with E-state index in [9.17, 15) is 4.79 Å². The summed E-state index contributed by atoms with van der Waals surface area (Å²) in [4.78, 5) is 21.3. The number of aromatic nitrogens is 2. The minimum absolute atomic E-state index is 0.0292. The van der Waals surface area contributed by atoms with Crippen molar-refractivity contribution in [1.82, 2.24) is 9.97 Å². The third-order valence-electron chi connectivity index (χ3n) is 3.88. The summed E-state index contributed by atoms with van der Waals surface area (Å²) in [7, 11) is 0. The fourth-order valence-corrected chi connectivity index (χ4v) is 3.57. The number of carbonyl (C=O) groups is 1. The zero-order valence-electron chi connectivity index (χ0n) is 14.6. The molecule has 0 fully saturated rings. The fourth-order valence-electron chi connectivity index (χ4n) is 2.70. The van der Waals surface area contributed by atoms with Crippen molar-refractivity contribution in [3.05, 3.63) is 59.9 Å². The van der Waals surface area contributed by atoms with Crippen molar-refractivity contribution in [3.63, 3.8) is 0 Å². The van der Waals surface area contributed by atoms with Crippen molar-refractivity contribution < 1.29 is 4.79 Å². The Hall–Kier alpha value is -2.40. The van der Waals surface area contributed by atoms with Gasteiger partial charge in [0.2, 0.25) is 5.91 Å². The summed E-state index contributed by atoms with van der Waals surface area (Å²) in [6, 6.07) is 15.8. The molecule has 5 heteroatoms. The Morgan fingerprint density at radius 2 is 1.80 bits per heavy atom. The number of para-hydroxylation sites is 2. The lowest BCUT2D eigenvalue weighted by molar-refractivity contribution is -0.113. The van der Waals surface area contributed by atoms with Crippen LogP contribution in [-0.4, -0.2) is 21.6 Å². The molecule has 0 saturated heterocycles. The van der Waals surface area contributed by atoms with Crippen molar-refractivity contribution in [2.45, 2.75) is 31.7 Å². The maximum Gasteiger partial charge on any atom is 0.234 e. The molecule has 0 spiro atoms. The summed E-state index contributed by atoms with van der Waals surface area (Å²) < 4.78 is 0. The lowest BCUT2D eigenvalue weighted by Gasteiger charge is -2.13. The number of benzene rings is 2. The molecule has 0 unspecified atom stereocenters. The van der Waals surface area contributed by atoms with E-state index < -0.39 is 0 Å². The molecule has 0 aliphatic rings. The first kappa shape index (κ1) is 17.4. The lowest BCUT2D eigenvalue weighted by Crippen LogP contribution is -2.15. The highest BCUT2D eigenvalue weighted by Gasteiger charge is 2.12. The first-order chi connectivity index (χ1) is 12.0. The molecular formula is C20H21N3OS. The number of hydrogen-bond donors (Lipinski definition) is 1. The van der Waals surface area contributed by atoms with Crippen LogP contribution in [0.3, 0.4) is 0 Å². The number of aryl methyl sites for hydroxylation is 1. The Balaban J connectivity index is 1.73. The third kappa shape index (κ3) is 4.17. The molecule has 1 heterocycles. The van der Waals surface area contributed by atoms with Gasteiger partial charge in [0.15, 0.2) is 0 Å². The van der Waals surface area contributed by atoms with Crippen LogP contribution in [0, 0.1) is 6.92 Å². The van der Waals surface area contributed by atoms with E-state index >= 15 is 0 Å². The van der Waals surface area contributed by atoms with E-state index in [0.717, 1.165) is 27.2 Å². The largest absolute Gasteiger partial charge is 0.325 e. The minimum atomic E-state index is -0.0292. The average Bonchev–Trinajstić information content (AvgIpc) is 2.59. The molecule has 4 nitrogen and oxygen atoms in total. The van der Waals surface area contributed by atoms with Gasteiger partial charge in [-0.2, -0.15) is 0 Å². The molecule has 25 heavy (non-hydrogen) atoms. The normalized spacial score (nSPS) is 11.0. The molecule has 3 aromatic rings. The molecule has 0 bridgehead atoms. The maximum atomic E-state index is 12.4. The molecule has 2 aromatic carbocycles. The molecule has 0 aliphatic heterocycles. The molecule has 0 radical (unpaired) electrons. The van der Waals surface area contributed by atoms with Crippen LogP contribution >= 0.6 is 11.8 Å². The molecule has 0 saturated carbocycles. The molecule has 1 aromatic heterocycles. The lowest BCUT2D eigenvalue weighted by atomic mass is 10.0. The molecular weight excluding hydrogens is 330 g/mol. The zero-order valence-corrected chi connectivity index (χ0v) is 15.4. The Kier molecular flexibility index (Phi) is 5.34. The van der Waals surface area contributed by atoms with Gasteiger partial charge in [0.05, 0.1) is 11.3 Å². The van der Waals surface area contributed by atoms with Crippen LogP contribution in [-0.2, 0) is 4.79 Å². The van der Waals surface area contributed by atoms with Gasteiger partial charge in [-0.3, -0.25) is 4.79 Å². The van der Waals surface area contributed by atoms with Gasteiger partial charge in [-0.1, -0.05) is 62.0 Å². The number of carbonyl (C=O) groups excluding carboxylic acids is 1. The second-order valence-electron chi connectivity index (χ2n) is 6.17. The van der Waals surface area contributed by atoms with E-state index in [1.807, 2.05) is 49.4 Å². The summed E-state index contributed by atoms with van der Waals surface area (Å²) in [6.45, 7) is 6.11. The second kappa shape index (κ2) is 7.66. The zero-order chi connectivity index (χ0) is 17.8. The number of amides is 1. The summed E-state index contributed by atoms with van der Waals surface area (Å²) in [5.41, 5.74) is 2.93. The van der Waals surface area contributed by atoms with Gasteiger partial charge in [0.1, 0.15) is 10.9 Å². The Morgan fingerprint density at radius 3 is 2.60 bits per heavy atom. The predicted octanol–water partition coefficient (Wildman–Crippen LogP) is 4.79. The number of anilines is 1. The standard InChI is InChI=1S/C20H21N3OS/c1-13(2)15-8-4-6-10-17(15)23-19(24)12-25-20-16-9-5-7-11-18(16)21-14(3)22-20/h4-11,13H,12H2,1-3H3,(H,23,24). The molecule has 3 rings (SSSR count). The summed E-state index contributed by atoms with van der Waals surface area (Å²) in [6.07, 6.45) is 0. The van der Waals surface area contributed by atoms with Gasteiger partial charge < -0.3 is 5.32 Å². The van der Waals surface area contributed by atoms with E-state index in [1.165, 1.54) is 11.8 Å². The van der Waals surface area contributed by atoms with Crippen molar-refractivity contribution >= 4 is 34.3 Å². The highest BCUT2D eigenvalue weighted by atomic mass is 32.2. The number of nitrogens with one attached hydrogen (secondary N) is 1. The predicted molar refractivity (Wildman–Crippen MR) is 104 cm³/mol. The molecule has 0 aliphatic carbocycles. The first-order valence-corrected chi connectivity index (χ1v) is 9.28. The van der Waals surface area contributed by atoms with Crippen LogP contribution in [0.1, 0.15) is 31.2 Å². The minimum Gasteiger partial charge on any atom is -0.325 e. The van der Waals surface area contributed by atoms with Crippen LogP contribution in [0.2, 0.25) is 0 Å². The van der Waals surface area contributed by atoms with E-state index in [0.29, 0.717) is 17.5 Å². The van der Waals surface area contributed by atoms with Crippen molar-refractivity contribution in [1.29, 1.82) is 0 Å². The highest BCUT2D eigenvalue weighted by Crippen LogP contribution is 2.27. The Bertz CT molecular complexity index is 908. The SMILES string of the molecule is Cc1nc(SCC(=O)Nc2ccccc2C(C)C)c2ccccc2n1. The number of thioether (sulfide) groups is 1. The van der Waals surface area contributed by atoms with Crippen molar-refractivity contribution in [2.24, 2.45) is 0 Å². The maximum absolute atomic E-state index is 12.4. The van der Waals surface area contributed by atoms with Gasteiger partial charge in [-0.05, 0) is 30.5 Å². The van der Waals surface area contributed by atoms with Crippen molar-refractivity contribution in [3.8, 4) is 0 Å². The van der Waals surface area contributed by atoms with Gasteiger partial charge in [0, 0.05) is 11.1 Å². The average molecular weight is 351 g/mol. The topological polar surface area (TPSA) is 54.9 Å². The number of hydrogen-bond acceptors (Lipinski definition) is 4. The third-order valence-corrected chi connectivity index (χ3v) is 4.87. The van der Waals surface area contributed by atoms with E-state index in [4.69, 9.17) is 0 Å². The molecule has 0 atom stereocenters. The van der Waals surface area contributed by atoms with Crippen LogP contribution in [0.4, 0.5) is 5.69 Å². The van der Waals surface area contributed by atoms with E-state index in [2.05, 4.69) is 35.2 Å². The first-order valence-electron chi connectivity index (χ1n) is 8.29. The van der Waals surface area contributed by atoms with Gasteiger partial charge in [-0.25, -0.2) is 9.97 Å². The van der Waals surface area contributed by atoms with Crippen LogP contribution in [0.25, 0.3) is 10.9 Å². The van der Waals surface area contributed by atoms with Crippen molar-refractivity contribution in [2.75, 3.05) is 11.1 Å². The molecule has 1 amide bonds. The molecule has 128 valence electrons. The number of fused-ring (bicyclic) bond motifs is 1. The Labute approximate surface area is 152 Å². The van der Waals surface area contributed by atoms with Gasteiger partial charge >= 0.3 is 0 Å². The highest BCUT2D eigenvalue weighted by molar-refractivity contribution is 8.00. The van der Waals surface area contributed by atoms with Crippen LogP contribution in [0.5, 0.6) is 0 Å². The number of nitrogens with zero attached hydrogens (tertiary/aromatic N) is 2. The molecule has 1 N–H and O–H groups in total. The van der Waals surface area contributed by atoms with E-state index in [1.54, 1.807) is 0 Å².